The van der Waals surface area contributed by atoms with Crippen LogP contribution in [-0.4, -0.2) is 52.5 Å². The third-order valence-electron chi connectivity index (χ3n) is 5.93. The number of carbonyl (C=O) groups is 2. The predicted octanol–water partition coefficient (Wildman–Crippen LogP) is 2.53. The normalized spacial score (nSPS) is 22.1. The Kier molecular flexibility index (Phi) is 4.05. The van der Waals surface area contributed by atoms with Crippen LogP contribution in [0, 0.1) is 5.41 Å². The summed E-state index contributed by atoms with van der Waals surface area (Å²) in [6.45, 7) is 3.69. The number of nitrogens with zero attached hydrogens (tertiary/aromatic N) is 3. The average molecular weight is 353 g/mol. The molecule has 136 valence electrons. The molecule has 4 rings (SSSR count). The second-order valence-electron chi connectivity index (χ2n) is 7.55. The van der Waals surface area contributed by atoms with Crippen LogP contribution in [0.1, 0.15) is 26.2 Å². The van der Waals surface area contributed by atoms with Crippen molar-refractivity contribution >= 4 is 28.6 Å². The molecule has 0 bridgehead atoms. The fourth-order valence-corrected chi connectivity index (χ4v) is 4.41. The molecule has 0 aliphatic carbocycles. The summed E-state index contributed by atoms with van der Waals surface area (Å²) in [7, 11) is 0. The second-order valence-corrected chi connectivity index (χ2v) is 7.55. The molecule has 2 aliphatic heterocycles. The minimum absolute atomic E-state index is 0.0813. The molecule has 2 saturated heterocycles. The smallest absolute Gasteiger partial charge is 0.326 e. The first-order valence-electron chi connectivity index (χ1n) is 9.08. The molecule has 2 fully saturated rings. The molecule has 2 aromatic rings. The lowest BCUT2D eigenvalue weighted by atomic mass is 9.76. The molecular formula is C20H23N3O3. The summed E-state index contributed by atoms with van der Waals surface area (Å²) in [6.07, 6.45) is 2.32. The van der Waals surface area contributed by atoms with Gasteiger partial charge in [0.25, 0.3) is 0 Å². The van der Waals surface area contributed by atoms with E-state index in [2.05, 4.69) is 23.1 Å². The van der Waals surface area contributed by atoms with Gasteiger partial charge in [0.15, 0.2) is 0 Å². The van der Waals surface area contributed by atoms with Gasteiger partial charge in [-0.1, -0.05) is 18.2 Å². The fourth-order valence-electron chi connectivity index (χ4n) is 4.41. The molecule has 1 atom stereocenters. The zero-order chi connectivity index (χ0) is 18.3. The Bertz CT molecular complexity index is 834. The van der Waals surface area contributed by atoms with E-state index in [4.69, 9.17) is 4.98 Å². The van der Waals surface area contributed by atoms with Crippen molar-refractivity contribution < 1.29 is 14.7 Å². The molecule has 1 aromatic carbocycles. The maximum absolute atomic E-state index is 11.8. The monoisotopic (exact) mass is 353 g/mol. The molecule has 0 unspecified atom stereocenters. The standard InChI is InChI=1S/C20H23N3O3/c1-14(24)23-13-20(12-17(23)19(25)26)8-10-22(11-9-20)18-7-6-15-4-2-3-5-16(15)21-18/h2-7,17H,8-13H2,1H3,(H,25,26)/t17-/m1/s1. The van der Waals surface area contributed by atoms with Gasteiger partial charge in [0.05, 0.1) is 5.52 Å². The van der Waals surface area contributed by atoms with Crippen molar-refractivity contribution in [3.8, 4) is 0 Å². The van der Waals surface area contributed by atoms with Gasteiger partial charge in [-0.05, 0) is 42.9 Å². The highest BCUT2D eigenvalue weighted by Gasteiger charge is 2.49. The van der Waals surface area contributed by atoms with Gasteiger partial charge in [-0.2, -0.15) is 0 Å². The Balaban J connectivity index is 1.50. The Labute approximate surface area is 152 Å². The maximum atomic E-state index is 11.8. The number of amides is 1. The maximum Gasteiger partial charge on any atom is 0.326 e. The van der Waals surface area contributed by atoms with Crippen LogP contribution in [0.3, 0.4) is 0 Å². The lowest BCUT2D eigenvalue weighted by Crippen LogP contribution is -2.42. The van der Waals surface area contributed by atoms with E-state index < -0.39 is 12.0 Å². The summed E-state index contributed by atoms with van der Waals surface area (Å²) in [5.74, 6) is -0.0710. The van der Waals surface area contributed by atoms with Gasteiger partial charge in [0.2, 0.25) is 5.91 Å². The Morgan fingerprint density at radius 3 is 2.54 bits per heavy atom. The minimum Gasteiger partial charge on any atom is -0.480 e. The second kappa shape index (κ2) is 6.27. The molecule has 1 N–H and O–H groups in total. The highest BCUT2D eigenvalue weighted by Crippen LogP contribution is 2.44. The Hall–Kier alpha value is -2.63. The molecule has 0 radical (unpaired) electrons. The van der Waals surface area contributed by atoms with Crippen molar-refractivity contribution in [2.75, 3.05) is 24.5 Å². The van der Waals surface area contributed by atoms with Crippen molar-refractivity contribution in [3.63, 3.8) is 0 Å². The average Bonchev–Trinajstić information content (AvgIpc) is 3.02. The zero-order valence-corrected chi connectivity index (χ0v) is 14.9. The number of benzene rings is 1. The minimum atomic E-state index is -0.893. The Morgan fingerprint density at radius 2 is 1.88 bits per heavy atom. The van der Waals surface area contributed by atoms with Crippen molar-refractivity contribution in [1.29, 1.82) is 0 Å². The number of piperidine rings is 1. The van der Waals surface area contributed by atoms with E-state index in [1.165, 1.54) is 11.8 Å². The van der Waals surface area contributed by atoms with Crippen LogP contribution in [0.15, 0.2) is 36.4 Å². The number of aliphatic carboxylic acids is 1. The molecular weight excluding hydrogens is 330 g/mol. The SMILES string of the molecule is CC(=O)N1CC2(CCN(c3ccc4ccccc4n3)CC2)C[C@@H]1C(=O)O. The van der Waals surface area contributed by atoms with Crippen LogP contribution >= 0.6 is 0 Å². The Morgan fingerprint density at radius 1 is 1.15 bits per heavy atom. The van der Waals surface area contributed by atoms with Crippen molar-refractivity contribution in [3.05, 3.63) is 36.4 Å². The number of pyridine rings is 1. The highest BCUT2D eigenvalue weighted by molar-refractivity contribution is 5.83. The molecule has 26 heavy (non-hydrogen) atoms. The molecule has 0 saturated carbocycles. The summed E-state index contributed by atoms with van der Waals surface area (Å²) in [4.78, 5) is 31.9. The van der Waals surface area contributed by atoms with Gasteiger partial charge >= 0.3 is 5.97 Å². The molecule has 6 heteroatoms. The van der Waals surface area contributed by atoms with E-state index in [9.17, 15) is 14.7 Å². The fraction of sp³-hybridized carbons (Fsp3) is 0.450. The van der Waals surface area contributed by atoms with Gasteiger partial charge in [0.1, 0.15) is 11.9 Å². The van der Waals surface area contributed by atoms with E-state index >= 15 is 0 Å². The molecule has 2 aliphatic rings. The van der Waals surface area contributed by atoms with E-state index in [-0.39, 0.29) is 11.3 Å². The van der Waals surface area contributed by atoms with Gasteiger partial charge < -0.3 is 14.9 Å². The number of aromatic nitrogens is 1. The van der Waals surface area contributed by atoms with Crippen LogP contribution in [0.25, 0.3) is 10.9 Å². The topological polar surface area (TPSA) is 73.7 Å². The number of para-hydroxylation sites is 1. The van der Waals surface area contributed by atoms with Crippen LogP contribution in [0.2, 0.25) is 0 Å². The van der Waals surface area contributed by atoms with Crippen LogP contribution in [0.4, 0.5) is 5.82 Å². The largest absolute Gasteiger partial charge is 0.480 e. The first kappa shape index (κ1) is 16.8. The summed E-state index contributed by atoms with van der Waals surface area (Å²) >= 11 is 0. The highest BCUT2D eigenvalue weighted by atomic mass is 16.4. The first-order valence-corrected chi connectivity index (χ1v) is 9.08. The van der Waals surface area contributed by atoms with Crippen LogP contribution in [0.5, 0.6) is 0 Å². The third kappa shape index (κ3) is 2.89. The molecule has 1 amide bonds. The molecule has 3 heterocycles. The molecule has 1 spiro atoms. The summed E-state index contributed by atoms with van der Waals surface area (Å²) in [5.41, 5.74) is 0.905. The lowest BCUT2D eigenvalue weighted by Gasteiger charge is -2.39. The van der Waals surface area contributed by atoms with E-state index in [0.717, 1.165) is 42.7 Å². The van der Waals surface area contributed by atoms with Gasteiger partial charge in [-0.3, -0.25) is 4.79 Å². The van der Waals surface area contributed by atoms with E-state index in [0.29, 0.717) is 13.0 Å². The van der Waals surface area contributed by atoms with E-state index in [1.54, 1.807) is 0 Å². The van der Waals surface area contributed by atoms with Gasteiger partial charge in [0, 0.05) is 31.9 Å². The summed E-state index contributed by atoms with van der Waals surface area (Å²) < 4.78 is 0. The van der Waals surface area contributed by atoms with Crippen molar-refractivity contribution in [2.45, 2.75) is 32.2 Å². The van der Waals surface area contributed by atoms with E-state index in [1.807, 2.05) is 18.2 Å². The zero-order valence-electron chi connectivity index (χ0n) is 14.9. The number of carboxylic acids is 1. The molecule has 6 nitrogen and oxygen atoms in total. The summed E-state index contributed by atoms with van der Waals surface area (Å²) in [6, 6.07) is 11.5. The molecule has 1 aromatic heterocycles. The van der Waals surface area contributed by atoms with Crippen molar-refractivity contribution in [1.82, 2.24) is 9.88 Å². The number of anilines is 1. The number of fused-ring (bicyclic) bond motifs is 1. The number of rotatable bonds is 2. The number of carbonyl (C=O) groups excluding carboxylic acids is 1. The van der Waals surface area contributed by atoms with Gasteiger partial charge in [-0.25, -0.2) is 9.78 Å². The summed E-state index contributed by atoms with van der Waals surface area (Å²) in [5, 5.41) is 10.6. The van der Waals surface area contributed by atoms with Crippen LogP contribution < -0.4 is 4.90 Å². The number of likely N-dealkylation sites (tertiary alicyclic amines) is 1. The van der Waals surface area contributed by atoms with Crippen molar-refractivity contribution in [2.24, 2.45) is 5.41 Å². The van der Waals surface area contributed by atoms with Crippen LogP contribution in [-0.2, 0) is 9.59 Å². The quantitative estimate of drug-likeness (QED) is 0.898. The third-order valence-corrected chi connectivity index (χ3v) is 5.93. The first-order chi connectivity index (χ1) is 12.5. The number of hydrogen-bond acceptors (Lipinski definition) is 4. The van der Waals surface area contributed by atoms with Gasteiger partial charge in [-0.15, -0.1) is 0 Å². The number of hydrogen-bond donors (Lipinski definition) is 1. The predicted molar refractivity (Wildman–Crippen MR) is 99.1 cm³/mol. The lowest BCUT2D eigenvalue weighted by molar-refractivity contribution is -0.147. The number of carboxylic acid groups (broad SMARTS) is 1.